The molecule has 17 heavy (non-hydrogen) atoms. The third-order valence-electron chi connectivity index (χ3n) is 2.83. The van der Waals surface area contributed by atoms with E-state index in [4.69, 9.17) is 9.47 Å². The van der Waals surface area contributed by atoms with Gasteiger partial charge in [0.25, 0.3) is 0 Å². The minimum atomic E-state index is 0.248. The van der Waals surface area contributed by atoms with Crippen LogP contribution in [-0.4, -0.2) is 37.2 Å². The van der Waals surface area contributed by atoms with Gasteiger partial charge in [0.2, 0.25) is 0 Å². The van der Waals surface area contributed by atoms with Gasteiger partial charge in [0.1, 0.15) is 0 Å². The molecule has 0 radical (unpaired) electrons. The predicted octanol–water partition coefficient (Wildman–Crippen LogP) is 1.51. The summed E-state index contributed by atoms with van der Waals surface area (Å²) in [6.45, 7) is 3.59. The first-order chi connectivity index (χ1) is 8.24. The molecule has 0 amide bonds. The highest BCUT2D eigenvalue weighted by Gasteiger charge is 2.18. The zero-order valence-corrected chi connectivity index (χ0v) is 11.2. The Balaban J connectivity index is 2.62. The Hall–Kier alpha value is -1.07. The fraction of sp³-hybridized carbons (Fsp3) is 0.750. The summed E-state index contributed by atoms with van der Waals surface area (Å²) in [6.07, 6.45) is 3.78. The summed E-state index contributed by atoms with van der Waals surface area (Å²) in [5, 5.41) is 7.52. The lowest BCUT2D eigenvalue weighted by Gasteiger charge is -2.17. The minimum absolute atomic E-state index is 0.248. The predicted molar refractivity (Wildman–Crippen MR) is 67.3 cm³/mol. The van der Waals surface area contributed by atoms with Crippen molar-refractivity contribution in [1.29, 1.82) is 0 Å². The van der Waals surface area contributed by atoms with Gasteiger partial charge >= 0.3 is 0 Å². The van der Waals surface area contributed by atoms with Crippen molar-refractivity contribution >= 4 is 0 Å². The molecule has 0 aliphatic heterocycles. The Labute approximate surface area is 103 Å². The molecule has 1 aromatic heterocycles. The van der Waals surface area contributed by atoms with Crippen molar-refractivity contribution in [1.82, 2.24) is 15.1 Å². The number of ether oxygens (including phenoxy) is 2. The summed E-state index contributed by atoms with van der Waals surface area (Å²) in [4.78, 5) is 0. The Bertz CT molecular complexity index is 326. The van der Waals surface area contributed by atoms with Gasteiger partial charge in [0.15, 0.2) is 5.75 Å². The number of nitrogens with one attached hydrogen (secondary N) is 1. The monoisotopic (exact) mass is 241 g/mol. The quantitative estimate of drug-likeness (QED) is 0.701. The lowest BCUT2D eigenvalue weighted by molar-refractivity contribution is 0.140. The van der Waals surface area contributed by atoms with E-state index in [9.17, 15) is 0 Å². The van der Waals surface area contributed by atoms with E-state index in [1.54, 1.807) is 13.3 Å². The van der Waals surface area contributed by atoms with E-state index in [1.807, 2.05) is 25.7 Å². The van der Waals surface area contributed by atoms with E-state index in [0.717, 1.165) is 37.5 Å². The van der Waals surface area contributed by atoms with E-state index in [2.05, 4.69) is 10.4 Å². The van der Waals surface area contributed by atoms with E-state index >= 15 is 0 Å². The standard InChI is InChI=1S/C12H23N3O2/c1-5-17-8-6-7-10(13-2)12-11(16-4)9-14-15(12)3/h9-10,13H,5-8H2,1-4H3. The van der Waals surface area contributed by atoms with E-state index < -0.39 is 0 Å². The van der Waals surface area contributed by atoms with E-state index in [1.165, 1.54) is 0 Å². The van der Waals surface area contributed by atoms with Crippen molar-refractivity contribution in [3.63, 3.8) is 0 Å². The molecule has 1 aromatic rings. The molecule has 0 aromatic carbocycles. The fourth-order valence-corrected chi connectivity index (χ4v) is 1.93. The smallest absolute Gasteiger partial charge is 0.161 e. The molecule has 1 N–H and O–H groups in total. The highest BCUT2D eigenvalue weighted by Crippen LogP contribution is 2.26. The maximum atomic E-state index is 5.35. The molecule has 1 rings (SSSR count). The number of hydrogen-bond acceptors (Lipinski definition) is 4. The second-order valence-electron chi connectivity index (χ2n) is 3.90. The summed E-state index contributed by atoms with van der Waals surface area (Å²) in [7, 11) is 5.57. The van der Waals surface area contributed by atoms with Gasteiger partial charge in [0, 0.05) is 20.3 Å². The van der Waals surface area contributed by atoms with E-state index in [0.29, 0.717) is 0 Å². The second-order valence-corrected chi connectivity index (χ2v) is 3.90. The number of rotatable bonds is 8. The topological polar surface area (TPSA) is 48.3 Å². The molecule has 0 fully saturated rings. The molecule has 0 spiro atoms. The number of aromatic nitrogens is 2. The average Bonchev–Trinajstić information content (AvgIpc) is 2.71. The van der Waals surface area contributed by atoms with Crippen molar-refractivity contribution in [2.24, 2.45) is 7.05 Å². The summed E-state index contributed by atoms with van der Waals surface area (Å²) < 4.78 is 12.5. The maximum absolute atomic E-state index is 5.35. The molecule has 1 atom stereocenters. The van der Waals surface area contributed by atoms with Crippen LogP contribution in [0.1, 0.15) is 31.5 Å². The fourth-order valence-electron chi connectivity index (χ4n) is 1.93. The van der Waals surface area contributed by atoms with Crippen LogP contribution in [0.5, 0.6) is 5.75 Å². The second kappa shape index (κ2) is 7.29. The van der Waals surface area contributed by atoms with Gasteiger partial charge in [-0.25, -0.2) is 0 Å². The Morgan fingerprint density at radius 2 is 2.29 bits per heavy atom. The summed E-state index contributed by atoms with van der Waals surface area (Å²) >= 11 is 0. The van der Waals surface area contributed by atoms with Crippen molar-refractivity contribution < 1.29 is 9.47 Å². The molecule has 0 bridgehead atoms. The van der Waals surface area contributed by atoms with Crippen LogP contribution in [0.4, 0.5) is 0 Å². The molecule has 0 aliphatic carbocycles. The highest BCUT2D eigenvalue weighted by atomic mass is 16.5. The van der Waals surface area contributed by atoms with Gasteiger partial charge < -0.3 is 14.8 Å². The molecule has 0 saturated carbocycles. The molecule has 5 nitrogen and oxygen atoms in total. The normalized spacial score (nSPS) is 12.7. The molecule has 5 heteroatoms. The van der Waals surface area contributed by atoms with Crippen LogP contribution in [0.2, 0.25) is 0 Å². The van der Waals surface area contributed by atoms with Crippen LogP contribution < -0.4 is 10.1 Å². The molecular formula is C12H23N3O2. The summed E-state index contributed by atoms with van der Waals surface area (Å²) in [5.74, 6) is 0.836. The average molecular weight is 241 g/mol. The van der Waals surface area contributed by atoms with Crippen molar-refractivity contribution in [2.45, 2.75) is 25.8 Å². The zero-order chi connectivity index (χ0) is 12.7. The van der Waals surface area contributed by atoms with Gasteiger partial charge in [-0.15, -0.1) is 0 Å². The van der Waals surface area contributed by atoms with Gasteiger partial charge in [-0.2, -0.15) is 5.10 Å². The van der Waals surface area contributed by atoms with Crippen LogP contribution in [0, 0.1) is 0 Å². The lowest BCUT2D eigenvalue weighted by Crippen LogP contribution is -2.20. The minimum Gasteiger partial charge on any atom is -0.493 e. The number of aryl methyl sites for hydroxylation is 1. The Morgan fingerprint density at radius 1 is 1.53 bits per heavy atom. The zero-order valence-electron chi connectivity index (χ0n) is 11.2. The number of methoxy groups -OCH3 is 1. The summed E-state index contributed by atoms with van der Waals surface area (Å²) in [5.41, 5.74) is 1.09. The van der Waals surface area contributed by atoms with Crippen LogP contribution in [0.25, 0.3) is 0 Å². The molecule has 98 valence electrons. The number of nitrogens with zero attached hydrogens (tertiary/aromatic N) is 2. The van der Waals surface area contributed by atoms with Crippen molar-refractivity contribution in [3.8, 4) is 5.75 Å². The Morgan fingerprint density at radius 3 is 2.88 bits per heavy atom. The molecular weight excluding hydrogens is 218 g/mol. The Kier molecular flexibility index (Phi) is 6.00. The third-order valence-corrected chi connectivity index (χ3v) is 2.83. The molecule has 0 aliphatic rings. The first-order valence-electron chi connectivity index (χ1n) is 6.05. The highest BCUT2D eigenvalue weighted by molar-refractivity contribution is 5.28. The van der Waals surface area contributed by atoms with Crippen molar-refractivity contribution in [3.05, 3.63) is 11.9 Å². The van der Waals surface area contributed by atoms with E-state index in [-0.39, 0.29) is 6.04 Å². The van der Waals surface area contributed by atoms with Crippen LogP contribution in [0.3, 0.4) is 0 Å². The van der Waals surface area contributed by atoms with Crippen LogP contribution in [-0.2, 0) is 11.8 Å². The van der Waals surface area contributed by atoms with Crippen molar-refractivity contribution in [2.75, 3.05) is 27.4 Å². The lowest BCUT2D eigenvalue weighted by atomic mass is 10.1. The summed E-state index contributed by atoms with van der Waals surface area (Å²) in [6, 6.07) is 0.248. The van der Waals surface area contributed by atoms with Crippen LogP contribution in [0.15, 0.2) is 6.20 Å². The van der Waals surface area contributed by atoms with Crippen LogP contribution >= 0.6 is 0 Å². The van der Waals surface area contributed by atoms with Gasteiger partial charge in [0.05, 0.1) is 25.0 Å². The number of hydrogen-bond donors (Lipinski definition) is 1. The van der Waals surface area contributed by atoms with Gasteiger partial charge in [-0.05, 0) is 26.8 Å². The van der Waals surface area contributed by atoms with Gasteiger partial charge in [-0.3, -0.25) is 4.68 Å². The molecule has 1 heterocycles. The molecule has 0 saturated heterocycles. The maximum Gasteiger partial charge on any atom is 0.161 e. The largest absolute Gasteiger partial charge is 0.493 e. The van der Waals surface area contributed by atoms with Gasteiger partial charge in [-0.1, -0.05) is 0 Å². The first-order valence-corrected chi connectivity index (χ1v) is 6.05. The third kappa shape index (κ3) is 3.71. The SMILES string of the molecule is CCOCCCC(NC)c1c(OC)cnn1C. The molecule has 1 unspecified atom stereocenters. The first kappa shape index (κ1) is 14.0.